The molecule has 2 rings (SSSR count). The third-order valence-corrected chi connectivity index (χ3v) is 4.16. The Labute approximate surface area is 111 Å². The summed E-state index contributed by atoms with van der Waals surface area (Å²) in [7, 11) is 0. The lowest BCUT2D eigenvalue weighted by atomic mass is 10.0. The van der Waals surface area contributed by atoms with Gasteiger partial charge in [-0.15, -0.1) is 0 Å². The molecule has 1 atom stereocenters. The highest BCUT2D eigenvalue weighted by molar-refractivity contribution is 5.45. The van der Waals surface area contributed by atoms with Gasteiger partial charge < -0.3 is 10.6 Å². The molecule has 1 aromatic rings. The topological polar surface area (TPSA) is 29.3 Å². The zero-order valence-corrected chi connectivity index (χ0v) is 11.8. The van der Waals surface area contributed by atoms with Crippen molar-refractivity contribution in [1.29, 1.82) is 0 Å². The van der Waals surface area contributed by atoms with Gasteiger partial charge in [0, 0.05) is 11.7 Å². The first-order chi connectivity index (χ1) is 8.74. The summed E-state index contributed by atoms with van der Waals surface area (Å²) in [4.78, 5) is 2.65. The second-order valence-corrected chi connectivity index (χ2v) is 5.39. The lowest BCUT2D eigenvalue weighted by Crippen LogP contribution is -2.36. The molecule has 2 heteroatoms. The number of aryl methyl sites for hydroxylation is 2. The number of anilines is 1. The number of nitrogens with zero attached hydrogens (tertiary/aromatic N) is 1. The highest BCUT2D eigenvalue weighted by atomic mass is 15.1. The first-order valence-electron chi connectivity index (χ1n) is 7.36. The van der Waals surface area contributed by atoms with Gasteiger partial charge in [-0.25, -0.2) is 0 Å². The molecule has 0 fully saturated rings. The van der Waals surface area contributed by atoms with Crippen LogP contribution in [0.15, 0.2) is 18.2 Å². The van der Waals surface area contributed by atoms with Gasteiger partial charge >= 0.3 is 0 Å². The molecule has 100 valence electrons. The Morgan fingerprint density at radius 1 is 1.17 bits per heavy atom. The largest absolute Gasteiger partial charge is 0.399 e. The van der Waals surface area contributed by atoms with Gasteiger partial charge in [0.15, 0.2) is 0 Å². The van der Waals surface area contributed by atoms with E-state index >= 15 is 0 Å². The molecular formula is C16H26N2. The van der Waals surface area contributed by atoms with Crippen LogP contribution < -0.4 is 5.73 Å². The standard InChI is InChI=1S/C16H26N2/c1-3-11-18(4-2)16-9-6-13-5-8-15(17)12-14(13)7-10-16/h5,8,12,16H,3-4,6-7,9-11,17H2,1-2H3. The Hall–Kier alpha value is -1.02. The van der Waals surface area contributed by atoms with Crippen LogP contribution in [-0.2, 0) is 12.8 Å². The van der Waals surface area contributed by atoms with Crippen molar-refractivity contribution in [3.63, 3.8) is 0 Å². The Morgan fingerprint density at radius 3 is 2.56 bits per heavy atom. The lowest BCUT2D eigenvalue weighted by Gasteiger charge is -2.29. The smallest absolute Gasteiger partial charge is 0.0316 e. The van der Waals surface area contributed by atoms with Gasteiger partial charge in [0.1, 0.15) is 0 Å². The zero-order valence-electron chi connectivity index (χ0n) is 11.8. The zero-order chi connectivity index (χ0) is 13.0. The Bertz CT molecular complexity index is 387. The summed E-state index contributed by atoms with van der Waals surface area (Å²) in [6.45, 7) is 6.97. The molecule has 1 aliphatic carbocycles. The first kappa shape index (κ1) is 13.4. The fourth-order valence-electron chi connectivity index (χ4n) is 3.16. The minimum Gasteiger partial charge on any atom is -0.399 e. The maximum Gasteiger partial charge on any atom is 0.0316 e. The quantitative estimate of drug-likeness (QED) is 0.653. The van der Waals surface area contributed by atoms with Crippen LogP contribution >= 0.6 is 0 Å². The molecule has 0 amide bonds. The van der Waals surface area contributed by atoms with Crippen molar-refractivity contribution >= 4 is 5.69 Å². The van der Waals surface area contributed by atoms with E-state index < -0.39 is 0 Å². The average molecular weight is 246 g/mol. The van der Waals surface area contributed by atoms with Crippen molar-refractivity contribution in [2.24, 2.45) is 0 Å². The van der Waals surface area contributed by atoms with Crippen molar-refractivity contribution in [3.05, 3.63) is 29.3 Å². The molecule has 0 saturated heterocycles. The summed E-state index contributed by atoms with van der Waals surface area (Å²) in [5, 5.41) is 0. The summed E-state index contributed by atoms with van der Waals surface area (Å²) in [5.74, 6) is 0. The van der Waals surface area contributed by atoms with Gasteiger partial charge in [-0.05, 0) is 68.5 Å². The first-order valence-corrected chi connectivity index (χ1v) is 7.36. The van der Waals surface area contributed by atoms with Gasteiger partial charge in [0.05, 0.1) is 0 Å². The minimum absolute atomic E-state index is 0.753. The number of hydrogen-bond donors (Lipinski definition) is 1. The van der Waals surface area contributed by atoms with Crippen LogP contribution in [0.4, 0.5) is 5.69 Å². The number of nitrogen functional groups attached to an aromatic ring is 1. The SMILES string of the molecule is CCCN(CC)C1CCc2ccc(N)cc2CC1. The number of nitrogens with two attached hydrogens (primary N) is 1. The predicted octanol–water partition coefficient (Wildman–Crippen LogP) is 3.25. The highest BCUT2D eigenvalue weighted by Crippen LogP contribution is 2.25. The van der Waals surface area contributed by atoms with E-state index in [-0.39, 0.29) is 0 Å². The van der Waals surface area contributed by atoms with E-state index in [1.165, 1.54) is 56.3 Å². The summed E-state index contributed by atoms with van der Waals surface area (Å²) >= 11 is 0. The molecule has 2 N–H and O–H groups in total. The molecule has 0 bridgehead atoms. The number of fused-ring (bicyclic) bond motifs is 1. The van der Waals surface area contributed by atoms with E-state index in [2.05, 4.69) is 30.9 Å². The fourth-order valence-corrected chi connectivity index (χ4v) is 3.16. The molecule has 0 saturated carbocycles. The van der Waals surface area contributed by atoms with E-state index in [9.17, 15) is 0 Å². The monoisotopic (exact) mass is 246 g/mol. The second kappa shape index (κ2) is 6.24. The number of rotatable bonds is 4. The number of hydrogen-bond acceptors (Lipinski definition) is 2. The van der Waals surface area contributed by atoms with Crippen LogP contribution in [0, 0.1) is 0 Å². The highest BCUT2D eigenvalue weighted by Gasteiger charge is 2.20. The fraction of sp³-hybridized carbons (Fsp3) is 0.625. The van der Waals surface area contributed by atoms with E-state index in [4.69, 9.17) is 5.73 Å². The van der Waals surface area contributed by atoms with Gasteiger partial charge in [-0.1, -0.05) is 19.9 Å². The molecule has 1 aromatic carbocycles. The maximum absolute atomic E-state index is 5.89. The van der Waals surface area contributed by atoms with Crippen LogP contribution in [0.3, 0.4) is 0 Å². The van der Waals surface area contributed by atoms with Crippen LogP contribution in [0.1, 0.15) is 44.2 Å². The number of benzene rings is 1. The van der Waals surface area contributed by atoms with Crippen molar-refractivity contribution in [1.82, 2.24) is 4.90 Å². The summed E-state index contributed by atoms with van der Waals surface area (Å²) < 4.78 is 0. The van der Waals surface area contributed by atoms with Gasteiger partial charge in [-0.3, -0.25) is 0 Å². The van der Waals surface area contributed by atoms with E-state index in [1.807, 2.05) is 6.07 Å². The summed E-state index contributed by atoms with van der Waals surface area (Å²) in [5.41, 5.74) is 9.79. The van der Waals surface area contributed by atoms with Crippen LogP contribution in [0.2, 0.25) is 0 Å². The normalized spacial score (nSPS) is 19.6. The van der Waals surface area contributed by atoms with E-state index in [0.29, 0.717) is 0 Å². The second-order valence-electron chi connectivity index (χ2n) is 5.39. The summed E-state index contributed by atoms with van der Waals surface area (Å²) in [6, 6.07) is 7.20. The van der Waals surface area contributed by atoms with Gasteiger partial charge in [-0.2, -0.15) is 0 Å². The van der Waals surface area contributed by atoms with Crippen molar-refractivity contribution in [2.75, 3.05) is 18.8 Å². The summed E-state index contributed by atoms with van der Waals surface area (Å²) in [6.07, 6.45) is 6.23. The Kier molecular flexibility index (Phi) is 4.65. The molecule has 2 nitrogen and oxygen atoms in total. The van der Waals surface area contributed by atoms with Crippen LogP contribution in [0.25, 0.3) is 0 Å². The predicted molar refractivity (Wildman–Crippen MR) is 78.8 cm³/mol. The Morgan fingerprint density at radius 2 is 1.89 bits per heavy atom. The van der Waals surface area contributed by atoms with Gasteiger partial charge in [0.25, 0.3) is 0 Å². The molecule has 0 heterocycles. The van der Waals surface area contributed by atoms with Crippen LogP contribution in [-0.4, -0.2) is 24.0 Å². The Balaban J connectivity index is 2.06. The molecule has 1 unspecified atom stereocenters. The molecule has 0 aromatic heterocycles. The van der Waals surface area contributed by atoms with Crippen LogP contribution in [0.5, 0.6) is 0 Å². The molecule has 0 aliphatic heterocycles. The lowest BCUT2D eigenvalue weighted by molar-refractivity contribution is 0.189. The van der Waals surface area contributed by atoms with Gasteiger partial charge in [0.2, 0.25) is 0 Å². The minimum atomic E-state index is 0.753. The van der Waals surface area contributed by atoms with E-state index in [1.54, 1.807) is 0 Å². The molecular weight excluding hydrogens is 220 g/mol. The third kappa shape index (κ3) is 3.05. The van der Waals surface area contributed by atoms with E-state index in [0.717, 1.165) is 11.7 Å². The molecule has 0 spiro atoms. The molecule has 1 aliphatic rings. The van der Waals surface area contributed by atoms with Crippen molar-refractivity contribution in [3.8, 4) is 0 Å². The maximum atomic E-state index is 5.89. The third-order valence-electron chi connectivity index (χ3n) is 4.16. The molecule has 18 heavy (non-hydrogen) atoms. The van der Waals surface area contributed by atoms with Crippen molar-refractivity contribution in [2.45, 2.75) is 52.0 Å². The molecule has 0 radical (unpaired) electrons. The average Bonchev–Trinajstić information content (AvgIpc) is 2.58. The van der Waals surface area contributed by atoms with Crippen molar-refractivity contribution < 1.29 is 0 Å².